The van der Waals surface area contributed by atoms with Crippen molar-refractivity contribution in [3.05, 3.63) is 29.7 Å². The lowest BCUT2D eigenvalue weighted by molar-refractivity contribution is 0.0582. The maximum Gasteiger partial charge on any atom is 0.163 e. The molecule has 6 nitrogen and oxygen atoms in total. The molecule has 0 atom stereocenters. The summed E-state index contributed by atoms with van der Waals surface area (Å²) in [4.78, 5) is 0. The third-order valence-corrected chi connectivity index (χ3v) is 2.26. The molecule has 0 bridgehead atoms. The largest absolute Gasteiger partial charge is 0.382 e. The number of ether oxygens (including phenoxy) is 2. The lowest BCUT2D eigenvalue weighted by Gasteiger charge is -2.02. The number of aromatic nitrogens is 3. The molecule has 0 fully saturated rings. The van der Waals surface area contributed by atoms with Gasteiger partial charge in [0.15, 0.2) is 11.5 Å². The van der Waals surface area contributed by atoms with E-state index < -0.39 is 0 Å². The Morgan fingerprint density at radius 2 is 2.24 bits per heavy atom. The first kappa shape index (κ1) is 11.5. The van der Waals surface area contributed by atoms with Crippen LogP contribution in [0.2, 0.25) is 0 Å². The van der Waals surface area contributed by atoms with Crippen LogP contribution >= 0.6 is 0 Å². The molecule has 0 spiro atoms. The standard InChI is InChI=1S/C11H12N4O2/c1-16-4-5-17-8-11-14-13-10-3-2-9(6-12)7-15(10)11/h2-3,7H,4-5,8H2,1H3. The van der Waals surface area contributed by atoms with Gasteiger partial charge in [-0.05, 0) is 12.1 Å². The highest BCUT2D eigenvalue weighted by atomic mass is 16.5. The number of rotatable bonds is 5. The molecule has 17 heavy (non-hydrogen) atoms. The van der Waals surface area contributed by atoms with Gasteiger partial charge in [-0.2, -0.15) is 5.26 Å². The maximum atomic E-state index is 8.82. The summed E-state index contributed by atoms with van der Waals surface area (Å²) in [6.07, 6.45) is 1.70. The molecule has 0 unspecified atom stereocenters. The molecule has 0 aliphatic heterocycles. The van der Waals surface area contributed by atoms with Crippen LogP contribution in [0.1, 0.15) is 11.4 Å². The second-order valence-corrected chi connectivity index (χ2v) is 3.42. The Morgan fingerprint density at radius 3 is 3.00 bits per heavy atom. The van der Waals surface area contributed by atoms with Crippen molar-refractivity contribution in [2.24, 2.45) is 0 Å². The fraction of sp³-hybridized carbons (Fsp3) is 0.364. The van der Waals surface area contributed by atoms with Gasteiger partial charge in [0.05, 0.1) is 18.8 Å². The van der Waals surface area contributed by atoms with Gasteiger partial charge in [-0.15, -0.1) is 10.2 Å². The molecular weight excluding hydrogens is 220 g/mol. The van der Waals surface area contributed by atoms with Gasteiger partial charge in [-0.3, -0.25) is 4.40 Å². The van der Waals surface area contributed by atoms with Crippen LogP contribution in [-0.4, -0.2) is 34.9 Å². The molecule has 0 aromatic carbocycles. The molecule has 0 saturated heterocycles. The average molecular weight is 232 g/mol. The molecule has 0 N–H and O–H groups in total. The topological polar surface area (TPSA) is 72.4 Å². The Bertz CT molecular complexity index is 544. The van der Waals surface area contributed by atoms with Crippen molar-refractivity contribution in [3.63, 3.8) is 0 Å². The summed E-state index contributed by atoms with van der Waals surface area (Å²) in [7, 11) is 1.62. The summed E-state index contributed by atoms with van der Waals surface area (Å²) in [6, 6.07) is 5.54. The number of methoxy groups -OCH3 is 1. The number of hydrogen-bond donors (Lipinski definition) is 0. The van der Waals surface area contributed by atoms with Crippen molar-refractivity contribution >= 4 is 5.65 Å². The van der Waals surface area contributed by atoms with Crippen LogP contribution in [0.25, 0.3) is 5.65 Å². The molecular formula is C11H12N4O2. The quantitative estimate of drug-likeness (QED) is 0.712. The lowest BCUT2D eigenvalue weighted by Crippen LogP contribution is -2.04. The predicted molar refractivity (Wildman–Crippen MR) is 59.2 cm³/mol. The lowest BCUT2D eigenvalue weighted by atomic mass is 10.3. The fourth-order valence-corrected chi connectivity index (χ4v) is 1.41. The summed E-state index contributed by atoms with van der Waals surface area (Å²) < 4.78 is 12.0. The van der Waals surface area contributed by atoms with Crippen molar-refractivity contribution in [1.29, 1.82) is 5.26 Å². The van der Waals surface area contributed by atoms with Gasteiger partial charge >= 0.3 is 0 Å². The molecule has 0 aliphatic carbocycles. The number of nitriles is 1. The Labute approximate surface area is 98.4 Å². The van der Waals surface area contributed by atoms with E-state index >= 15 is 0 Å². The van der Waals surface area contributed by atoms with E-state index in [0.717, 1.165) is 0 Å². The molecule has 2 rings (SSSR count). The van der Waals surface area contributed by atoms with Crippen LogP contribution in [0.5, 0.6) is 0 Å². The first-order chi connectivity index (χ1) is 8.35. The molecule has 0 aliphatic rings. The predicted octanol–water partition coefficient (Wildman–Crippen LogP) is 0.764. The van der Waals surface area contributed by atoms with E-state index in [1.54, 1.807) is 29.8 Å². The van der Waals surface area contributed by atoms with Crippen molar-refractivity contribution in [1.82, 2.24) is 14.6 Å². The fourth-order valence-electron chi connectivity index (χ4n) is 1.41. The third kappa shape index (κ3) is 2.58. The number of hydrogen-bond acceptors (Lipinski definition) is 5. The number of fused-ring (bicyclic) bond motifs is 1. The zero-order chi connectivity index (χ0) is 12.1. The smallest absolute Gasteiger partial charge is 0.163 e. The highest BCUT2D eigenvalue weighted by molar-refractivity contribution is 5.42. The van der Waals surface area contributed by atoms with E-state index in [1.807, 2.05) is 0 Å². The van der Waals surface area contributed by atoms with E-state index in [4.69, 9.17) is 14.7 Å². The van der Waals surface area contributed by atoms with E-state index in [9.17, 15) is 0 Å². The molecule has 2 aromatic rings. The van der Waals surface area contributed by atoms with Crippen molar-refractivity contribution in [2.75, 3.05) is 20.3 Å². The Kier molecular flexibility index (Phi) is 3.65. The minimum Gasteiger partial charge on any atom is -0.382 e. The normalized spacial score (nSPS) is 10.6. The number of pyridine rings is 1. The van der Waals surface area contributed by atoms with Gasteiger partial charge in [-0.25, -0.2) is 0 Å². The van der Waals surface area contributed by atoms with E-state index in [-0.39, 0.29) is 0 Å². The minimum atomic E-state index is 0.347. The monoisotopic (exact) mass is 232 g/mol. The van der Waals surface area contributed by atoms with E-state index in [1.165, 1.54) is 0 Å². The van der Waals surface area contributed by atoms with E-state index in [0.29, 0.717) is 36.9 Å². The molecule has 2 heterocycles. The SMILES string of the molecule is COCCOCc1nnc2ccc(C#N)cn12. The average Bonchev–Trinajstić information content (AvgIpc) is 2.77. The summed E-state index contributed by atoms with van der Waals surface area (Å²) in [5.41, 5.74) is 1.27. The van der Waals surface area contributed by atoms with Crippen LogP contribution in [0, 0.1) is 11.3 Å². The van der Waals surface area contributed by atoms with Gasteiger partial charge in [0.25, 0.3) is 0 Å². The molecule has 0 saturated carbocycles. The summed E-state index contributed by atoms with van der Waals surface area (Å²) in [5, 5.41) is 16.8. The van der Waals surface area contributed by atoms with Crippen LogP contribution < -0.4 is 0 Å². The van der Waals surface area contributed by atoms with Gasteiger partial charge in [-0.1, -0.05) is 0 Å². The highest BCUT2D eigenvalue weighted by Gasteiger charge is 2.05. The molecule has 2 aromatic heterocycles. The summed E-state index contributed by atoms with van der Waals surface area (Å²) >= 11 is 0. The van der Waals surface area contributed by atoms with Gasteiger partial charge < -0.3 is 9.47 Å². The van der Waals surface area contributed by atoms with Gasteiger partial charge in [0.2, 0.25) is 0 Å². The maximum absolute atomic E-state index is 8.82. The Balaban J connectivity index is 2.14. The molecule has 0 amide bonds. The second-order valence-electron chi connectivity index (χ2n) is 3.42. The van der Waals surface area contributed by atoms with Crippen molar-refractivity contribution in [3.8, 4) is 6.07 Å². The van der Waals surface area contributed by atoms with Gasteiger partial charge in [0.1, 0.15) is 12.7 Å². The summed E-state index contributed by atoms with van der Waals surface area (Å²) in [6.45, 7) is 1.39. The van der Waals surface area contributed by atoms with Crippen molar-refractivity contribution < 1.29 is 9.47 Å². The molecule has 6 heteroatoms. The minimum absolute atomic E-state index is 0.347. The first-order valence-corrected chi connectivity index (χ1v) is 5.15. The van der Waals surface area contributed by atoms with Crippen LogP contribution in [-0.2, 0) is 16.1 Å². The Morgan fingerprint density at radius 1 is 1.35 bits per heavy atom. The van der Waals surface area contributed by atoms with Crippen LogP contribution in [0.3, 0.4) is 0 Å². The third-order valence-electron chi connectivity index (χ3n) is 2.26. The first-order valence-electron chi connectivity index (χ1n) is 5.15. The van der Waals surface area contributed by atoms with Crippen LogP contribution in [0.15, 0.2) is 18.3 Å². The second kappa shape index (κ2) is 5.39. The molecule has 0 radical (unpaired) electrons. The van der Waals surface area contributed by atoms with Gasteiger partial charge in [0, 0.05) is 13.3 Å². The zero-order valence-corrected chi connectivity index (χ0v) is 9.46. The van der Waals surface area contributed by atoms with Crippen molar-refractivity contribution in [2.45, 2.75) is 6.61 Å². The Hall–Kier alpha value is -1.97. The van der Waals surface area contributed by atoms with E-state index in [2.05, 4.69) is 16.3 Å². The van der Waals surface area contributed by atoms with Crippen LogP contribution in [0.4, 0.5) is 0 Å². The highest BCUT2D eigenvalue weighted by Crippen LogP contribution is 2.07. The molecule has 88 valence electrons. The number of nitrogens with zero attached hydrogens (tertiary/aromatic N) is 4. The summed E-state index contributed by atoms with van der Waals surface area (Å²) in [5.74, 6) is 0.674. The zero-order valence-electron chi connectivity index (χ0n) is 9.46.